The van der Waals surface area contributed by atoms with Crippen molar-refractivity contribution in [1.29, 1.82) is 0 Å². The van der Waals surface area contributed by atoms with Crippen molar-refractivity contribution in [2.75, 3.05) is 13.1 Å². The standard InChI is InChI=1S/C18H27N3O3S.ClH/c1-13-5-2-3-10-21(13)25(23,24)16-7-4-6-15(11-16)18(22)20-12-17(19)14-8-9-14;/h4,6-7,11,13-14,17H,2-3,5,8-10,12,19H2,1H3,(H,20,22);1H. The first kappa shape index (κ1) is 21.2. The maximum atomic E-state index is 12.9. The molecule has 1 aromatic carbocycles. The van der Waals surface area contributed by atoms with Crippen LogP contribution in [0, 0.1) is 5.92 Å². The van der Waals surface area contributed by atoms with Gasteiger partial charge in [0, 0.05) is 30.7 Å². The molecule has 2 aliphatic rings. The van der Waals surface area contributed by atoms with E-state index in [0.29, 0.717) is 24.6 Å². The topological polar surface area (TPSA) is 92.5 Å². The molecule has 26 heavy (non-hydrogen) atoms. The predicted octanol–water partition coefficient (Wildman–Crippen LogP) is 2.14. The van der Waals surface area contributed by atoms with Crippen LogP contribution in [0.3, 0.4) is 0 Å². The quantitative estimate of drug-likeness (QED) is 0.763. The number of hydrogen-bond donors (Lipinski definition) is 2. The molecule has 1 saturated heterocycles. The van der Waals surface area contributed by atoms with Crippen molar-refractivity contribution in [2.24, 2.45) is 11.7 Å². The lowest BCUT2D eigenvalue weighted by Gasteiger charge is -2.32. The van der Waals surface area contributed by atoms with Crippen molar-refractivity contribution in [2.45, 2.75) is 56.0 Å². The van der Waals surface area contributed by atoms with Crippen molar-refractivity contribution in [3.8, 4) is 0 Å². The Labute approximate surface area is 162 Å². The lowest BCUT2D eigenvalue weighted by atomic mass is 10.1. The summed E-state index contributed by atoms with van der Waals surface area (Å²) in [5.41, 5.74) is 6.36. The van der Waals surface area contributed by atoms with Gasteiger partial charge in [-0.2, -0.15) is 4.31 Å². The number of nitrogens with zero attached hydrogens (tertiary/aromatic N) is 1. The van der Waals surface area contributed by atoms with Gasteiger partial charge in [-0.3, -0.25) is 4.79 Å². The van der Waals surface area contributed by atoms with E-state index in [4.69, 9.17) is 5.73 Å². The summed E-state index contributed by atoms with van der Waals surface area (Å²) in [6.07, 6.45) is 5.05. The predicted molar refractivity (Wildman–Crippen MR) is 104 cm³/mol. The van der Waals surface area contributed by atoms with Crippen LogP contribution in [0.1, 0.15) is 49.4 Å². The number of hydrogen-bond acceptors (Lipinski definition) is 4. The molecule has 0 aromatic heterocycles. The van der Waals surface area contributed by atoms with Gasteiger partial charge >= 0.3 is 0 Å². The summed E-state index contributed by atoms with van der Waals surface area (Å²) in [7, 11) is -3.57. The Balaban J connectivity index is 0.00000243. The fraction of sp³-hybridized carbons (Fsp3) is 0.611. The van der Waals surface area contributed by atoms with Crippen LogP contribution in [0.2, 0.25) is 0 Å². The number of amides is 1. The SMILES string of the molecule is CC1CCCCN1S(=O)(=O)c1cccc(C(=O)NCC(N)C2CC2)c1.Cl. The minimum Gasteiger partial charge on any atom is -0.350 e. The zero-order chi connectivity index (χ0) is 18.0. The summed E-state index contributed by atoms with van der Waals surface area (Å²) in [4.78, 5) is 12.5. The molecule has 1 aliphatic carbocycles. The molecule has 1 aliphatic heterocycles. The Morgan fingerprint density at radius 2 is 2.04 bits per heavy atom. The fourth-order valence-corrected chi connectivity index (χ4v) is 5.11. The van der Waals surface area contributed by atoms with E-state index in [1.165, 1.54) is 6.07 Å². The van der Waals surface area contributed by atoms with Crippen LogP contribution in [-0.4, -0.2) is 43.8 Å². The minimum absolute atomic E-state index is 0. The first-order chi connectivity index (χ1) is 11.9. The molecule has 3 N–H and O–H groups in total. The van der Waals surface area contributed by atoms with E-state index in [2.05, 4.69) is 5.32 Å². The van der Waals surface area contributed by atoms with Gasteiger partial charge in [0.25, 0.3) is 5.91 Å². The Kier molecular flexibility index (Phi) is 7.07. The lowest BCUT2D eigenvalue weighted by Crippen LogP contribution is -2.42. The molecule has 1 saturated carbocycles. The van der Waals surface area contributed by atoms with Crippen LogP contribution in [0.15, 0.2) is 29.2 Å². The molecule has 8 heteroatoms. The third kappa shape index (κ3) is 4.76. The van der Waals surface area contributed by atoms with Crippen LogP contribution in [0.5, 0.6) is 0 Å². The highest BCUT2D eigenvalue weighted by Crippen LogP contribution is 2.31. The van der Waals surface area contributed by atoms with Gasteiger partial charge in [0.1, 0.15) is 0 Å². The van der Waals surface area contributed by atoms with Gasteiger partial charge in [0.05, 0.1) is 4.90 Å². The fourth-order valence-electron chi connectivity index (χ4n) is 3.37. The normalized spacial score (nSPS) is 22.3. The van der Waals surface area contributed by atoms with E-state index < -0.39 is 10.0 Å². The van der Waals surface area contributed by atoms with Crippen LogP contribution < -0.4 is 11.1 Å². The van der Waals surface area contributed by atoms with Crippen LogP contribution >= 0.6 is 12.4 Å². The highest BCUT2D eigenvalue weighted by atomic mass is 35.5. The Bertz CT molecular complexity index is 737. The number of halogens is 1. The number of carbonyl (C=O) groups excluding carboxylic acids is 1. The van der Waals surface area contributed by atoms with E-state index in [1.54, 1.807) is 22.5 Å². The maximum absolute atomic E-state index is 12.9. The summed E-state index contributed by atoms with van der Waals surface area (Å²) >= 11 is 0. The van der Waals surface area contributed by atoms with Gasteiger partial charge in [0.2, 0.25) is 10.0 Å². The lowest BCUT2D eigenvalue weighted by molar-refractivity contribution is 0.0950. The summed E-state index contributed by atoms with van der Waals surface area (Å²) in [6.45, 7) is 2.90. The van der Waals surface area contributed by atoms with Gasteiger partial charge in [-0.15, -0.1) is 12.4 Å². The van der Waals surface area contributed by atoms with Crippen molar-refractivity contribution >= 4 is 28.3 Å². The zero-order valence-electron chi connectivity index (χ0n) is 15.1. The zero-order valence-corrected chi connectivity index (χ0v) is 16.7. The van der Waals surface area contributed by atoms with Gasteiger partial charge in [-0.05, 0) is 56.7 Å². The molecule has 0 radical (unpaired) electrons. The van der Waals surface area contributed by atoms with E-state index in [1.807, 2.05) is 6.92 Å². The molecule has 2 atom stereocenters. The molecule has 6 nitrogen and oxygen atoms in total. The van der Waals surface area contributed by atoms with Crippen LogP contribution in [-0.2, 0) is 10.0 Å². The first-order valence-corrected chi connectivity index (χ1v) is 10.5. The highest BCUT2D eigenvalue weighted by Gasteiger charge is 2.31. The van der Waals surface area contributed by atoms with Crippen molar-refractivity contribution in [3.63, 3.8) is 0 Å². The smallest absolute Gasteiger partial charge is 0.251 e. The Morgan fingerprint density at radius 3 is 2.69 bits per heavy atom. The summed E-state index contributed by atoms with van der Waals surface area (Å²) < 4.78 is 27.4. The monoisotopic (exact) mass is 401 g/mol. The Hall–Kier alpha value is -1.15. The summed E-state index contributed by atoms with van der Waals surface area (Å²) in [5, 5.41) is 2.81. The van der Waals surface area contributed by atoms with Gasteiger partial charge in [-0.1, -0.05) is 12.5 Å². The Morgan fingerprint density at radius 1 is 1.31 bits per heavy atom. The second kappa shape index (κ2) is 8.69. The highest BCUT2D eigenvalue weighted by molar-refractivity contribution is 7.89. The molecule has 146 valence electrons. The molecule has 0 bridgehead atoms. The summed E-state index contributed by atoms with van der Waals surface area (Å²) in [6, 6.07) is 6.25. The number of rotatable bonds is 6. The molecule has 1 amide bonds. The third-order valence-corrected chi connectivity index (χ3v) is 7.18. The van der Waals surface area contributed by atoms with E-state index >= 15 is 0 Å². The molecule has 3 rings (SSSR count). The minimum atomic E-state index is -3.57. The molecular formula is C18H28ClN3O3S. The molecule has 0 spiro atoms. The number of nitrogens with one attached hydrogen (secondary N) is 1. The van der Waals surface area contributed by atoms with Gasteiger partial charge in [-0.25, -0.2) is 8.42 Å². The number of nitrogens with two attached hydrogens (primary N) is 1. The maximum Gasteiger partial charge on any atom is 0.251 e. The second-order valence-corrected chi connectivity index (χ2v) is 9.09. The third-order valence-electron chi connectivity index (χ3n) is 5.17. The van der Waals surface area contributed by atoms with Crippen molar-refractivity contribution in [3.05, 3.63) is 29.8 Å². The van der Waals surface area contributed by atoms with Crippen LogP contribution in [0.25, 0.3) is 0 Å². The molecule has 2 fully saturated rings. The van der Waals surface area contributed by atoms with Crippen LogP contribution in [0.4, 0.5) is 0 Å². The number of piperidine rings is 1. The number of sulfonamides is 1. The van der Waals surface area contributed by atoms with Crippen molar-refractivity contribution < 1.29 is 13.2 Å². The molecule has 2 unspecified atom stereocenters. The van der Waals surface area contributed by atoms with Crippen molar-refractivity contribution in [1.82, 2.24) is 9.62 Å². The van der Waals surface area contributed by atoms with E-state index in [9.17, 15) is 13.2 Å². The average Bonchev–Trinajstić information content (AvgIpc) is 3.45. The van der Waals surface area contributed by atoms with E-state index in [0.717, 1.165) is 32.1 Å². The van der Waals surface area contributed by atoms with Gasteiger partial charge in [0.15, 0.2) is 0 Å². The largest absolute Gasteiger partial charge is 0.350 e. The molecule has 1 aromatic rings. The second-order valence-electron chi connectivity index (χ2n) is 7.20. The number of carbonyl (C=O) groups is 1. The first-order valence-electron chi connectivity index (χ1n) is 9.05. The molecular weight excluding hydrogens is 374 g/mol. The van der Waals surface area contributed by atoms with E-state index in [-0.39, 0.29) is 35.3 Å². The average molecular weight is 402 g/mol. The van der Waals surface area contributed by atoms with Gasteiger partial charge < -0.3 is 11.1 Å². The molecule has 1 heterocycles. The summed E-state index contributed by atoms with van der Waals surface area (Å²) in [5.74, 6) is 0.229. The number of benzene rings is 1.